The lowest BCUT2D eigenvalue weighted by atomic mass is 9.82. The first-order valence-corrected chi connectivity index (χ1v) is 6.51. The summed E-state index contributed by atoms with van der Waals surface area (Å²) in [5.41, 5.74) is 0.774. The van der Waals surface area contributed by atoms with Crippen LogP contribution in [0.3, 0.4) is 0 Å². The van der Waals surface area contributed by atoms with Gasteiger partial charge in [0.2, 0.25) is 0 Å². The van der Waals surface area contributed by atoms with Gasteiger partial charge in [-0.25, -0.2) is 4.79 Å². The maximum absolute atomic E-state index is 11.3. The van der Waals surface area contributed by atoms with Crippen LogP contribution in [-0.4, -0.2) is 25.3 Å². The molecule has 0 radical (unpaired) electrons. The van der Waals surface area contributed by atoms with E-state index in [1.165, 1.54) is 0 Å². The molecule has 1 N–H and O–H groups in total. The van der Waals surface area contributed by atoms with Gasteiger partial charge in [0, 0.05) is 11.5 Å². The van der Waals surface area contributed by atoms with E-state index in [-0.39, 0.29) is 17.6 Å². The number of cyclic esters (lactones) is 1. The zero-order chi connectivity index (χ0) is 13.3. The van der Waals surface area contributed by atoms with Crippen LogP contribution in [-0.2, 0) is 4.74 Å². The summed E-state index contributed by atoms with van der Waals surface area (Å²) in [6.07, 6.45) is -0.358. The summed E-state index contributed by atoms with van der Waals surface area (Å²) in [5, 5.41) is 2.84. The molecule has 18 heavy (non-hydrogen) atoms. The zero-order valence-electron chi connectivity index (χ0n) is 10.6. The first kappa shape index (κ1) is 13.2. The van der Waals surface area contributed by atoms with Gasteiger partial charge in [0.15, 0.2) is 0 Å². The van der Waals surface area contributed by atoms with Crippen LogP contribution in [0.1, 0.15) is 25.3 Å². The molecular formula is C13H16BrNO3. The average Bonchev–Trinajstić information content (AvgIpc) is 2.27. The van der Waals surface area contributed by atoms with E-state index in [2.05, 4.69) is 21.2 Å². The predicted molar refractivity (Wildman–Crippen MR) is 72.0 cm³/mol. The summed E-state index contributed by atoms with van der Waals surface area (Å²) in [4.78, 5) is 11.3. The lowest BCUT2D eigenvalue weighted by molar-refractivity contribution is 0.0812. The Morgan fingerprint density at radius 3 is 2.78 bits per heavy atom. The molecule has 1 fully saturated rings. The Hall–Kier alpha value is -1.23. The first-order valence-electron chi connectivity index (χ1n) is 5.72. The third-order valence-corrected chi connectivity index (χ3v) is 3.87. The van der Waals surface area contributed by atoms with Gasteiger partial charge in [-0.2, -0.15) is 0 Å². The van der Waals surface area contributed by atoms with Crippen molar-refractivity contribution in [1.82, 2.24) is 5.32 Å². The molecule has 98 valence electrons. The van der Waals surface area contributed by atoms with Crippen LogP contribution in [0.2, 0.25) is 0 Å². The summed E-state index contributed by atoms with van der Waals surface area (Å²) < 4.78 is 11.2. The van der Waals surface area contributed by atoms with Crippen LogP contribution in [0.4, 0.5) is 4.79 Å². The fraction of sp³-hybridized carbons (Fsp3) is 0.462. The van der Waals surface area contributed by atoms with Crippen LogP contribution in [0, 0.1) is 0 Å². The van der Waals surface area contributed by atoms with Gasteiger partial charge in [0.25, 0.3) is 0 Å². The van der Waals surface area contributed by atoms with Crippen LogP contribution in [0.25, 0.3) is 0 Å². The fourth-order valence-corrected chi connectivity index (χ4v) is 2.72. The highest BCUT2D eigenvalue weighted by molar-refractivity contribution is 9.10. The van der Waals surface area contributed by atoms with Crippen molar-refractivity contribution in [2.24, 2.45) is 0 Å². The van der Waals surface area contributed by atoms with Crippen molar-refractivity contribution in [2.45, 2.75) is 25.3 Å². The number of hydrogen-bond acceptors (Lipinski definition) is 3. The van der Waals surface area contributed by atoms with E-state index >= 15 is 0 Å². The van der Waals surface area contributed by atoms with Gasteiger partial charge in [-0.15, -0.1) is 0 Å². The number of hydrogen-bond donors (Lipinski definition) is 1. The summed E-state index contributed by atoms with van der Waals surface area (Å²) >= 11 is 3.47. The fourth-order valence-electron chi connectivity index (χ4n) is 2.17. The van der Waals surface area contributed by atoms with E-state index in [1.807, 2.05) is 32.0 Å². The molecule has 4 nitrogen and oxygen atoms in total. The smallest absolute Gasteiger partial charge is 0.407 e. The molecule has 1 amide bonds. The molecule has 1 aromatic carbocycles. The van der Waals surface area contributed by atoms with Gasteiger partial charge in [0.1, 0.15) is 12.4 Å². The molecule has 0 saturated carbocycles. The number of benzene rings is 1. The Balaban J connectivity index is 2.31. The molecule has 0 unspecified atom stereocenters. The highest BCUT2D eigenvalue weighted by Gasteiger charge is 2.37. The van der Waals surface area contributed by atoms with Gasteiger partial charge in [-0.3, -0.25) is 0 Å². The Morgan fingerprint density at radius 1 is 1.50 bits per heavy atom. The highest BCUT2D eigenvalue weighted by Crippen LogP contribution is 2.35. The van der Waals surface area contributed by atoms with Crippen molar-refractivity contribution in [2.75, 3.05) is 13.7 Å². The molecular weight excluding hydrogens is 298 g/mol. The molecule has 1 aliphatic heterocycles. The third-order valence-electron chi connectivity index (χ3n) is 3.25. The van der Waals surface area contributed by atoms with Crippen molar-refractivity contribution in [3.63, 3.8) is 0 Å². The van der Waals surface area contributed by atoms with Crippen molar-refractivity contribution < 1.29 is 14.3 Å². The van der Waals surface area contributed by atoms with Gasteiger partial charge in [0.05, 0.1) is 11.6 Å². The zero-order valence-corrected chi connectivity index (χ0v) is 12.2. The molecule has 2 rings (SSSR count). The average molecular weight is 314 g/mol. The van der Waals surface area contributed by atoms with Crippen LogP contribution in [0.15, 0.2) is 22.7 Å². The van der Waals surface area contributed by atoms with Crippen LogP contribution in [0.5, 0.6) is 5.75 Å². The standard InChI is InChI=1S/C13H16BrNO3/c1-13(2)9(7-18-12(16)15-13)8-4-5-11(17-3)10(14)6-8/h4-6,9H,7H2,1-3H3,(H,15,16)/t9-/m0/s1. The number of methoxy groups -OCH3 is 1. The molecule has 0 aliphatic carbocycles. The van der Waals surface area contributed by atoms with Gasteiger partial charge >= 0.3 is 6.09 Å². The number of amides is 1. The SMILES string of the molecule is COc1ccc([C@@H]2COC(=O)NC2(C)C)cc1Br. The van der Waals surface area contributed by atoms with Gasteiger partial charge in [-0.05, 0) is 47.5 Å². The van der Waals surface area contributed by atoms with Crippen molar-refractivity contribution in [3.05, 3.63) is 28.2 Å². The summed E-state index contributed by atoms with van der Waals surface area (Å²) in [5.74, 6) is 0.898. The number of carbonyl (C=O) groups excluding carboxylic acids is 1. The Labute approximate surface area is 115 Å². The monoisotopic (exact) mass is 313 g/mol. The minimum Gasteiger partial charge on any atom is -0.496 e. The van der Waals surface area contributed by atoms with Crippen LogP contribution < -0.4 is 10.1 Å². The summed E-state index contributed by atoms with van der Waals surface area (Å²) in [6, 6.07) is 5.91. The third kappa shape index (κ3) is 2.46. The number of nitrogens with one attached hydrogen (secondary N) is 1. The molecule has 0 aromatic heterocycles. The largest absolute Gasteiger partial charge is 0.496 e. The number of rotatable bonds is 2. The summed E-state index contributed by atoms with van der Waals surface area (Å²) in [7, 11) is 1.63. The van der Waals surface area contributed by atoms with Crippen LogP contribution >= 0.6 is 15.9 Å². The molecule has 5 heteroatoms. The lowest BCUT2D eigenvalue weighted by Gasteiger charge is -2.39. The second-order valence-corrected chi connectivity index (χ2v) is 5.75. The molecule has 0 bridgehead atoms. The molecule has 1 saturated heterocycles. The van der Waals surface area contributed by atoms with E-state index in [0.29, 0.717) is 6.61 Å². The lowest BCUT2D eigenvalue weighted by Crippen LogP contribution is -2.54. The first-order chi connectivity index (χ1) is 8.44. The van der Waals surface area contributed by atoms with Crippen molar-refractivity contribution >= 4 is 22.0 Å². The number of carbonyl (C=O) groups is 1. The number of alkyl carbamates (subject to hydrolysis) is 1. The van der Waals surface area contributed by atoms with Gasteiger partial charge in [-0.1, -0.05) is 6.07 Å². The number of halogens is 1. The highest BCUT2D eigenvalue weighted by atomic mass is 79.9. The second-order valence-electron chi connectivity index (χ2n) is 4.89. The second kappa shape index (κ2) is 4.80. The number of ether oxygens (including phenoxy) is 2. The predicted octanol–water partition coefficient (Wildman–Crippen LogP) is 3.06. The minimum atomic E-state index is -0.358. The molecule has 1 heterocycles. The molecule has 1 aromatic rings. The van der Waals surface area contributed by atoms with E-state index in [0.717, 1.165) is 15.8 Å². The minimum absolute atomic E-state index is 0.109. The molecule has 1 atom stereocenters. The summed E-state index contributed by atoms with van der Waals surface area (Å²) in [6.45, 7) is 4.38. The normalized spacial score (nSPS) is 22.0. The van der Waals surface area contributed by atoms with E-state index in [9.17, 15) is 4.79 Å². The Bertz CT molecular complexity index is 473. The van der Waals surface area contributed by atoms with Gasteiger partial charge < -0.3 is 14.8 Å². The molecule has 1 aliphatic rings. The van der Waals surface area contributed by atoms with E-state index < -0.39 is 0 Å². The maximum atomic E-state index is 11.3. The van der Waals surface area contributed by atoms with E-state index in [1.54, 1.807) is 7.11 Å². The van der Waals surface area contributed by atoms with Crippen molar-refractivity contribution in [1.29, 1.82) is 0 Å². The van der Waals surface area contributed by atoms with E-state index in [4.69, 9.17) is 9.47 Å². The topological polar surface area (TPSA) is 47.6 Å². The quantitative estimate of drug-likeness (QED) is 0.912. The maximum Gasteiger partial charge on any atom is 0.407 e. The Kier molecular flexibility index (Phi) is 3.52. The Morgan fingerprint density at radius 2 is 2.22 bits per heavy atom. The van der Waals surface area contributed by atoms with Crippen molar-refractivity contribution in [3.8, 4) is 5.75 Å². The molecule has 0 spiro atoms.